The Balaban J connectivity index is 1.44. The van der Waals surface area contributed by atoms with E-state index in [0.717, 1.165) is 38.0 Å². The van der Waals surface area contributed by atoms with E-state index in [-0.39, 0.29) is 23.6 Å². The van der Waals surface area contributed by atoms with E-state index in [1.165, 1.54) is 0 Å². The maximum absolute atomic E-state index is 13.0. The van der Waals surface area contributed by atoms with Crippen molar-refractivity contribution in [3.8, 4) is 0 Å². The van der Waals surface area contributed by atoms with Gasteiger partial charge in [-0.15, -0.1) is 0 Å². The van der Waals surface area contributed by atoms with Crippen molar-refractivity contribution in [1.29, 1.82) is 0 Å². The lowest BCUT2D eigenvalue weighted by atomic mass is 9.81. The highest BCUT2D eigenvalue weighted by molar-refractivity contribution is 5.98. The summed E-state index contributed by atoms with van der Waals surface area (Å²) in [5, 5.41) is 2.79. The number of carbonyl (C=O) groups excluding carboxylic acids is 2. The number of amides is 3. The van der Waals surface area contributed by atoms with Crippen LogP contribution in [0.3, 0.4) is 0 Å². The summed E-state index contributed by atoms with van der Waals surface area (Å²) >= 11 is 0. The average molecular weight is 373 g/mol. The van der Waals surface area contributed by atoms with Crippen molar-refractivity contribution in [3.63, 3.8) is 0 Å². The Labute approximate surface area is 159 Å². The number of nitrogens with one attached hydrogen (secondary N) is 1. The van der Waals surface area contributed by atoms with Crippen molar-refractivity contribution >= 4 is 17.6 Å². The smallest absolute Gasteiger partial charge is 0.321 e. The molecule has 7 heteroatoms. The van der Waals surface area contributed by atoms with E-state index in [1.54, 1.807) is 12.0 Å². The van der Waals surface area contributed by atoms with E-state index >= 15 is 0 Å². The van der Waals surface area contributed by atoms with E-state index in [9.17, 15) is 9.59 Å². The molecule has 3 aliphatic rings. The number of benzene rings is 1. The summed E-state index contributed by atoms with van der Waals surface area (Å²) in [4.78, 5) is 28.4. The molecule has 3 heterocycles. The fourth-order valence-corrected chi connectivity index (χ4v) is 4.49. The number of likely N-dealkylation sites (tertiary alicyclic amines) is 1. The molecule has 3 saturated heterocycles. The van der Waals surface area contributed by atoms with E-state index in [0.29, 0.717) is 31.7 Å². The fourth-order valence-electron chi connectivity index (χ4n) is 4.49. The molecule has 3 aliphatic heterocycles. The van der Waals surface area contributed by atoms with E-state index in [4.69, 9.17) is 9.47 Å². The van der Waals surface area contributed by atoms with Crippen LogP contribution in [0.5, 0.6) is 0 Å². The first-order valence-corrected chi connectivity index (χ1v) is 9.74. The maximum atomic E-state index is 13.0. The maximum Gasteiger partial charge on any atom is 0.321 e. The van der Waals surface area contributed by atoms with Crippen LogP contribution in [0.1, 0.15) is 36.0 Å². The molecule has 3 fully saturated rings. The number of piperidine rings is 1. The summed E-state index contributed by atoms with van der Waals surface area (Å²) < 4.78 is 11.8. The van der Waals surface area contributed by atoms with Gasteiger partial charge in [0.05, 0.1) is 11.7 Å². The van der Waals surface area contributed by atoms with Crippen molar-refractivity contribution in [2.75, 3.05) is 44.8 Å². The van der Waals surface area contributed by atoms with Gasteiger partial charge in [0, 0.05) is 51.1 Å². The number of hydrogen-bond acceptors (Lipinski definition) is 4. The molecule has 0 radical (unpaired) electrons. The predicted molar refractivity (Wildman–Crippen MR) is 101 cm³/mol. The highest BCUT2D eigenvalue weighted by atomic mass is 16.5. The van der Waals surface area contributed by atoms with Crippen LogP contribution < -0.4 is 10.2 Å². The number of nitrogens with zero attached hydrogens (tertiary/aromatic N) is 2. The van der Waals surface area contributed by atoms with Gasteiger partial charge < -0.3 is 19.7 Å². The van der Waals surface area contributed by atoms with Crippen LogP contribution in [0.2, 0.25) is 0 Å². The Hall–Kier alpha value is -2.12. The molecule has 0 bridgehead atoms. The van der Waals surface area contributed by atoms with Crippen LogP contribution >= 0.6 is 0 Å². The number of hydrogen-bond donors (Lipinski definition) is 1. The average Bonchev–Trinajstić information content (AvgIpc) is 3.14. The topological polar surface area (TPSA) is 71.1 Å². The molecule has 1 aromatic rings. The summed E-state index contributed by atoms with van der Waals surface area (Å²) in [7, 11) is 1.75. The molecule has 1 N–H and O–H groups in total. The molecule has 1 atom stereocenters. The van der Waals surface area contributed by atoms with Gasteiger partial charge in [0.1, 0.15) is 0 Å². The van der Waals surface area contributed by atoms with Crippen molar-refractivity contribution in [2.24, 2.45) is 0 Å². The first-order chi connectivity index (χ1) is 13.1. The third kappa shape index (κ3) is 3.41. The van der Waals surface area contributed by atoms with Crippen molar-refractivity contribution in [3.05, 3.63) is 29.8 Å². The van der Waals surface area contributed by atoms with E-state index in [1.807, 2.05) is 29.2 Å². The molecule has 3 amide bonds. The molecule has 27 heavy (non-hydrogen) atoms. The minimum atomic E-state index is -0.251. The molecule has 4 rings (SSSR count). The zero-order chi connectivity index (χ0) is 18.9. The molecule has 146 valence electrons. The third-order valence-electron chi connectivity index (χ3n) is 6.03. The fraction of sp³-hybridized carbons (Fsp3) is 0.600. The van der Waals surface area contributed by atoms with Gasteiger partial charge in [-0.2, -0.15) is 0 Å². The lowest BCUT2D eigenvalue weighted by Gasteiger charge is -2.48. The predicted octanol–water partition coefficient (Wildman–Crippen LogP) is 2.02. The Morgan fingerprint density at radius 3 is 2.81 bits per heavy atom. The Bertz CT molecular complexity index is 715. The summed E-state index contributed by atoms with van der Waals surface area (Å²) in [6.45, 7) is 3.35. The highest BCUT2D eigenvalue weighted by Gasteiger charge is 2.45. The molecule has 7 nitrogen and oxygen atoms in total. The molecule has 1 spiro atoms. The number of urea groups is 1. The van der Waals surface area contributed by atoms with Crippen molar-refractivity contribution in [1.82, 2.24) is 10.2 Å². The zero-order valence-electron chi connectivity index (χ0n) is 15.8. The number of anilines is 1. The molecular formula is C20H27N3O4. The summed E-state index contributed by atoms with van der Waals surface area (Å²) in [5.41, 5.74) is 1.13. The number of methoxy groups -OCH3 is 1. The van der Waals surface area contributed by atoms with Gasteiger partial charge in [0.2, 0.25) is 0 Å². The van der Waals surface area contributed by atoms with Gasteiger partial charge in [-0.1, -0.05) is 6.07 Å². The molecule has 0 saturated carbocycles. The van der Waals surface area contributed by atoms with E-state index < -0.39 is 0 Å². The Morgan fingerprint density at radius 2 is 2.11 bits per heavy atom. The lowest BCUT2D eigenvalue weighted by Crippen LogP contribution is -2.56. The Kier molecular flexibility index (Phi) is 5.06. The van der Waals surface area contributed by atoms with Crippen LogP contribution in [0, 0.1) is 0 Å². The standard InChI is InChI=1S/C20H27N3O4/c1-26-17-6-3-13-27-20(17)7-10-22(11-8-20)18(24)15-4-2-5-16(14-15)23-12-9-21-19(23)25/h2,4-5,14,17H,3,6-13H2,1H3,(H,21,25)/t17-/m0/s1. The van der Waals surface area contributed by atoms with Gasteiger partial charge in [0.25, 0.3) is 5.91 Å². The minimum absolute atomic E-state index is 0.0103. The summed E-state index contributed by atoms with van der Waals surface area (Å²) in [5.74, 6) is 0.0103. The zero-order valence-corrected chi connectivity index (χ0v) is 15.8. The molecule has 0 aliphatic carbocycles. The molecular weight excluding hydrogens is 346 g/mol. The summed E-state index contributed by atoms with van der Waals surface area (Å²) in [6, 6.07) is 7.22. The minimum Gasteiger partial charge on any atom is -0.378 e. The first-order valence-electron chi connectivity index (χ1n) is 9.74. The number of ether oxygens (including phenoxy) is 2. The normalized spacial score (nSPS) is 24.9. The highest BCUT2D eigenvalue weighted by Crippen LogP contribution is 2.37. The second-order valence-corrected chi connectivity index (χ2v) is 7.51. The van der Waals surface area contributed by atoms with Crippen molar-refractivity contribution < 1.29 is 19.1 Å². The van der Waals surface area contributed by atoms with Crippen LogP contribution in [0.4, 0.5) is 10.5 Å². The quantitative estimate of drug-likeness (QED) is 0.880. The van der Waals surface area contributed by atoms with Crippen molar-refractivity contribution in [2.45, 2.75) is 37.4 Å². The number of rotatable bonds is 3. The molecule has 0 unspecified atom stereocenters. The molecule has 0 aromatic heterocycles. The van der Waals surface area contributed by atoms with Crippen LogP contribution in [-0.4, -0.2) is 68.4 Å². The molecule has 1 aromatic carbocycles. The SMILES string of the molecule is CO[C@H]1CCCOC12CCN(C(=O)c1cccc(N3CCNC3=O)c1)CC2. The summed E-state index contributed by atoms with van der Waals surface area (Å²) in [6.07, 6.45) is 3.75. The lowest BCUT2D eigenvalue weighted by molar-refractivity contribution is -0.183. The van der Waals surface area contributed by atoms with Gasteiger partial charge in [-0.3, -0.25) is 9.69 Å². The largest absolute Gasteiger partial charge is 0.378 e. The van der Waals surface area contributed by atoms with Gasteiger partial charge in [0.15, 0.2) is 0 Å². The van der Waals surface area contributed by atoms with Crippen LogP contribution in [0.15, 0.2) is 24.3 Å². The van der Waals surface area contributed by atoms with Gasteiger partial charge >= 0.3 is 6.03 Å². The van der Waals surface area contributed by atoms with Gasteiger partial charge in [-0.05, 0) is 43.9 Å². The Morgan fingerprint density at radius 1 is 1.30 bits per heavy atom. The second-order valence-electron chi connectivity index (χ2n) is 7.51. The first kappa shape index (κ1) is 18.3. The van der Waals surface area contributed by atoms with Gasteiger partial charge in [-0.25, -0.2) is 4.79 Å². The monoisotopic (exact) mass is 373 g/mol. The second kappa shape index (κ2) is 7.48. The van der Waals surface area contributed by atoms with E-state index in [2.05, 4.69) is 5.32 Å². The van der Waals surface area contributed by atoms with Crippen LogP contribution in [0.25, 0.3) is 0 Å². The van der Waals surface area contributed by atoms with Crippen LogP contribution in [-0.2, 0) is 9.47 Å². The number of carbonyl (C=O) groups is 2. The third-order valence-corrected chi connectivity index (χ3v) is 6.03.